The third-order valence-electron chi connectivity index (χ3n) is 6.80. The standard InChI is InChI=1S/C26H28N2O6/c29-24(28-34-23(25(30)31)16-11-12-16)22(13-15-9-10-15)27-26(32)33-14-21-19-7-3-1-5-17(19)18-6-2-4-8-20(18)21/h1-8,15-16,21-23H,9-14H2,(H,27,32)(H,28,29)(H,30,31)/t22-,23?/m0/s1. The summed E-state index contributed by atoms with van der Waals surface area (Å²) in [7, 11) is 0. The molecular weight excluding hydrogens is 436 g/mol. The molecule has 2 saturated carbocycles. The Bertz CT molecular complexity index is 1050. The Labute approximate surface area is 197 Å². The molecule has 34 heavy (non-hydrogen) atoms. The molecule has 8 nitrogen and oxygen atoms in total. The third-order valence-corrected chi connectivity index (χ3v) is 6.80. The lowest BCUT2D eigenvalue weighted by Crippen LogP contribution is -2.49. The minimum absolute atomic E-state index is 0.0768. The van der Waals surface area contributed by atoms with Crippen molar-refractivity contribution in [1.29, 1.82) is 0 Å². The van der Waals surface area contributed by atoms with Gasteiger partial charge in [-0.25, -0.2) is 15.1 Å². The van der Waals surface area contributed by atoms with Gasteiger partial charge in [-0.05, 0) is 53.4 Å². The fourth-order valence-corrected chi connectivity index (χ4v) is 4.64. The molecule has 0 spiro atoms. The highest BCUT2D eigenvalue weighted by Crippen LogP contribution is 2.44. The van der Waals surface area contributed by atoms with E-state index in [1.165, 1.54) is 0 Å². The van der Waals surface area contributed by atoms with Crippen molar-refractivity contribution in [2.24, 2.45) is 11.8 Å². The maximum absolute atomic E-state index is 12.7. The van der Waals surface area contributed by atoms with Gasteiger partial charge in [0.2, 0.25) is 0 Å². The average Bonchev–Trinajstić information content (AvgIpc) is 3.76. The molecule has 0 aromatic heterocycles. The van der Waals surface area contributed by atoms with E-state index < -0.39 is 30.1 Å². The van der Waals surface area contributed by atoms with Crippen molar-refractivity contribution in [3.05, 3.63) is 59.7 Å². The number of carboxylic acids is 1. The molecule has 1 unspecified atom stereocenters. The number of amides is 2. The number of fused-ring (bicyclic) bond motifs is 3. The summed E-state index contributed by atoms with van der Waals surface area (Å²) < 4.78 is 5.57. The Morgan fingerprint density at radius 3 is 2.12 bits per heavy atom. The quantitative estimate of drug-likeness (QED) is 0.463. The van der Waals surface area contributed by atoms with E-state index in [1.807, 2.05) is 36.4 Å². The van der Waals surface area contributed by atoms with Crippen molar-refractivity contribution < 1.29 is 29.1 Å². The van der Waals surface area contributed by atoms with E-state index in [0.717, 1.165) is 47.9 Å². The molecule has 8 heteroatoms. The van der Waals surface area contributed by atoms with Crippen LogP contribution in [0, 0.1) is 11.8 Å². The SMILES string of the molecule is O=C(N[C@@H](CC1CC1)C(=O)NOC(C(=O)O)C1CC1)OCC1c2ccccc2-c2ccccc21. The van der Waals surface area contributed by atoms with Crippen LogP contribution >= 0.6 is 0 Å². The monoisotopic (exact) mass is 464 g/mol. The second-order valence-electron chi connectivity index (χ2n) is 9.38. The number of carbonyl (C=O) groups is 3. The highest BCUT2D eigenvalue weighted by Gasteiger charge is 2.39. The lowest BCUT2D eigenvalue weighted by Gasteiger charge is -2.20. The van der Waals surface area contributed by atoms with Crippen LogP contribution in [-0.2, 0) is 19.2 Å². The first-order valence-corrected chi connectivity index (χ1v) is 11.8. The second-order valence-corrected chi connectivity index (χ2v) is 9.38. The van der Waals surface area contributed by atoms with Gasteiger partial charge in [0.1, 0.15) is 12.6 Å². The van der Waals surface area contributed by atoms with Gasteiger partial charge in [0.05, 0.1) is 0 Å². The zero-order valence-corrected chi connectivity index (χ0v) is 18.7. The van der Waals surface area contributed by atoms with Crippen molar-refractivity contribution >= 4 is 18.0 Å². The van der Waals surface area contributed by atoms with Gasteiger partial charge in [0.15, 0.2) is 6.10 Å². The normalized spacial score (nSPS) is 18.4. The van der Waals surface area contributed by atoms with Gasteiger partial charge in [-0.3, -0.25) is 9.63 Å². The molecule has 0 saturated heterocycles. The van der Waals surface area contributed by atoms with E-state index >= 15 is 0 Å². The van der Waals surface area contributed by atoms with E-state index in [-0.39, 0.29) is 18.4 Å². The van der Waals surface area contributed by atoms with Gasteiger partial charge >= 0.3 is 12.1 Å². The Morgan fingerprint density at radius 2 is 1.56 bits per heavy atom. The molecule has 178 valence electrons. The summed E-state index contributed by atoms with van der Waals surface area (Å²) in [6, 6.07) is 15.3. The number of benzene rings is 2. The molecule has 0 bridgehead atoms. The number of hydrogen-bond donors (Lipinski definition) is 3. The fraction of sp³-hybridized carbons (Fsp3) is 0.423. The van der Waals surface area contributed by atoms with Gasteiger partial charge < -0.3 is 15.2 Å². The van der Waals surface area contributed by atoms with Crippen molar-refractivity contribution in [3.63, 3.8) is 0 Å². The predicted octanol–water partition coefficient (Wildman–Crippen LogP) is 3.60. The van der Waals surface area contributed by atoms with Crippen LogP contribution in [0.4, 0.5) is 4.79 Å². The lowest BCUT2D eigenvalue weighted by molar-refractivity contribution is -0.163. The number of rotatable bonds is 10. The minimum Gasteiger partial charge on any atom is -0.479 e. The molecule has 3 aliphatic rings. The Kier molecular flexibility index (Phi) is 6.24. The van der Waals surface area contributed by atoms with Crippen molar-refractivity contribution in [1.82, 2.24) is 10.8 Å². The summed E-state index contributed by atoms with van der Waals surface area (Å²) in [5.74, 6) is -1.48. The molecule has 3 N–H and O–H groups in total. The highest BCUT2D eigenvalue weighted by atomic mass is 16.7. The number of nitrogens with one attached hydrogen (secondary N) is 2. The van der Waals surface area contributed by atoms with E-state index in [1.54, 1.807) is 0 Å². The van der Waals surface area contributed by atoms with E-state index in [9.17, 15) is 19.5 Å². The molecule has 2 aromatic rings. The third kappa shape index (κ3) is 4.92. The molecule has 5 rings (SSSR count). The Balaban J connectivity index is 1.20. The first kappa shape index (κ1) is 22.4. The molecule has 2 atom stereocenters. The van der Waals surface area contributed by atoms with Gasteiger partial charge in [0, 0.05) is 5.92 Å². The first-order valence-electron chi connectivity index (χ1n) is 11.8. The van der Waals surface area contributed by atoms with Crippen molar-refractivity contribution in [2.75, 3.05) is 6.61 Å². The first-order chi connectivity index (χ1) is 16.5. The summed E-state index contributed by atoms with van der Waals surface area (Å²) in [6.45, 7) is 0.150. The van der Waals surface area contributed by atoms with E-state index in [2.05, 4.69) is 22.9 Å². The Hall–Kier alpha value is -3.39. The minimum atomic E-state index is -1.11. The predicted molar refractivity (Wildman–Crippen MR) is 123 cm³/mol. The summed E-state index contributed by atoms with van der Waals surface area (Å²) in [5, 5.41) is 11.9. The zero-order chi connectivity index (χ0) is 23.7. The maximum Gasteiger partial charge on any atom is 0.407 e. The molecule has 0 radical (unpaired) electrons. The summed E-state index contributed by atoms with van der Waals surface area (Å²) in [5.41, 5.74) is 6.75. The van der Waals surface area contributed by atoms with E-state index in [4.69, 9.17) is 9.57 Å². The lowest BCUT2D eigenvalue weighted by atomic mass is 9.98. The number of aliphatic carboxylic acids is 1. The zero-order valence-electron chi connectivity index (χ0n) is 18.7. The van der Waals surface area contributed by atoms with Crippen LogP contribution in [-0.4, -0.2) is 41.8 Å². The van der Waals surface area contributed by atoms with Crippen LogP contribution in [0.15, 0.2) is 48.5 Å². The molecule has 2 amide bonds. The summed E-state index contributed by atoms with van der Waals surface area (Å²) in [4.78, 5) is 41.9. The molecule has 0 aliphatic heterocycles. The largest absolute Gasteiger partial charge is 0.479 e. The number of hydroxylamine groups is 1. The average molecular weight is 465 g/mol. The summed E-state index contributed by atoms with van der Waals surface area (Å²) in [6.07, 6.45) is 2.22. The topological polar surface area (TPSA) is 114 Å². The van der Waals surface area contributed by atoms with Gasteiger partial charge in [0.25, 0.3) is 5.91 Å². The van der Waals surface area contributed by atoms with Crippen LogP contribution < -0.4 is 10.8 Å². The van der Waals surface area contributed by atoms with Crippen molar-refractivity contribution in [3.8, 4) is 11.1 Å². The van der Waals surface area contributed by atoms with Gasteiger partial charge in [-0.2, -0.15) is 0 Å². The van der Waals surface area contributed by atoms with Crippen LogP contribution in [0.1, 0.15) is 49.1 Å². The smallest absolute Gasteiger partial charge is 0.407 e. The molecule has 3 aliphatic carbocycles. The van der Waals surface area contributed by atoms with Crippen LogP contribution in [0.5, 0.6) is 0 Å². The molecule has 2 aromatic carbocycles. The summed E-state index contributed by atoms with van der Waals surface area (Å²) >= 11 is 0. The number of alkyl carbamates (subject to hydrolysis) is 1. The second kappa shape index (κ2) is 9.46. The van der Waals surface area contributed by atoms with Crippen LogP contribution in [0.2, 0.25) is 0 Å². The fourth-order valence-electron chi connectivity index (χ4n) is 4.64. The highest BCUT2D eigenvalue weighted by molar-refractivity contribution is 5.85. The number of ether oxygens (including phenoxy) is 1. The van der Waals surface area contributed by atoms with E-state index in [0.29, 0.717) is 12.3 Å². The molecular formula is C26H28N2O6. The number of carbonyl (C=O) groups excluding carboxylic acids is 2. The van der Waals surface area contributed by atoms with Crippen LogP contribution in [0.25, 0.3) is 11.1 Å². The number of hydrogen-bond acceptors (Lipinski definition) is 5. The Morgan fingerprint density at radius 1 is 0.941 bits per heavy atom. The van der Waals surface area contributed by atoms with Gasteiger partial charge in [-0.1, -0.05) is 61.4 Å². The molecule has 2 fully saturated rings. The van der Waals surface area contributed by atoms with Crippen LogP contribution in [0.3, 0.4) is 0 Å². The maximum atomic E-state index is 12.7. The number of carboxylic acid groups (broad SMARTS) is 1. The molecule has 0 heterocycles. The van der Waals surface area contributed by atoms with Crippen molar-refractivity contribution in [2.45, 2.75) is 50.2 Å². The van der Waals surface area contributed by atoms with Gasteiger partial charge in [-0.15, -0.1) is 0 Å².